The Morgan fingerprint density at radius 2 is 1.04 bits per heavy atom. The second-order valence-electron chi connectivity index (χ2n) is 4.74. The van der Waals surface area contributed by atoms with E-state index in [4.69, 9.17) is 0 Å². The Hall–Kier alpha value is 0.530. The summed E-state index contributed by atoms with van der Waals surface area (Å²) in [5.41, 5.74) is 1.75. The number of hydrogen-bond acceptors (Lipinski definition) is 4. The summed E-state index contributed by atoms with van der Waals surface area (Å²) in [5.74, 6) is 0. The third-order valence-corrected chi connectivity index (χ3v) is 10.1. The van der Waals surface area contributed by atoms with E-state index in [-0.39, 0.29) is 9.23 Å². The fourth-order valence-electron chi connectivity index (χ4n) is 1.77. The van der Waals surface area contributed by atoms with Crippen LogP contribution < -0.4 is 0 Å². The summed E-state index contributed by atoms with van der Waals surface area (Å²) in [6, 6.07) is 11.7. The fourth-order valence-corrected chi connectivity index (χ4v) is 6.48. The Bertz CT molecular complexity index is 911. The molecule has 2 rings (SSSR count). The first-order chi connectivity index (χ1) is 10.5. The minimum atomic E-state index is -4.50. The van der Waals surface area contributed by atoms with Gasteiger partial charge in [-0.3, -0.25) is 0 Å². The molecule has 0 unspecified atom stereocenters. The molecule has 0 amide bonds. The molecule has 0 aliphatic heterocycles. The van der Waals surface area contributed by atoms with Gasteiger partial charge in [0, 0.05) is 0 Å². The molecule has 0 aliphatic rings. The van der Waals surface area contributed by atoms with Gasteiger partial charge in [0.15, 0.2) is 0 Å². The van der Waals surface area contributed by atoms with Gasteiger partial charge in [-0.1, -0.05) is 29.8 Å². The number of aryl methyl sites for hydroxylation is 1. The molecule has 0 heterocycles. The Labute approximate surface area is 176 Å². The lowest BCUT2D eigenvalue weighted by Gasteiger charge is -2.13. The summed E-state index contributed by atoms with van der Waals surface area (Å²) in [7, 11) is -8.99. The van der Waals surface area contributed by atoms with Gasteiger partial charge in [-0.05, 0) is 105 Å². The Morgan fingerprint density at radius 3 is 1.39 bits per heavy atom. The molecule has 2 aromatic carbocycles. The number of benzene rings is 2. The first-order valence-electron chi connectivity index (χ1n) is 6.20. The summed E-state index contributed by atoms with van der Waals surface area (Å²) in [5, 5.41) is 0. The Kier molecular flexibility index (Phi) is 6.07. The smallest absolute Gasteiger partial charge is 0.207 e. The highest BCUT2D eigenvalue weighted by atomic mass is 127. The molecule has 0 aromatic heterocycles. The van der Waals surface area contributed by atoms with E-state index in [0.717, 1.165) is 11.1 Å². The Balaban J connectivity index is 2.51. The van der Waals surface area contributed by atoms with Crippen LogP contribution in [-0.4, -0.2) is 16.8 Å². The minimum absolute atomic E-state index is 0.224. The van der Waals surface area contributed by atoms with Crippen molar-refractivity contribution in [3.8, 4) is 0 Å². The molecule has 0 saturated carbocycles. The van der Waals surface area contributed by atoms with Crippen molar-refractivity contribution in [1.82, 2.24) is 0 Å². The van der Waals surface area contributed by atoms with Gasteiger partial charge in [0.05, 0.1) is 9.79 Å². The van der Waals surface area contributed by atoms with Crippen LogP contribution in [0.15, 0.2) is 58.3 Å². The van der Waals surface area contributed by atoms with Crippen LogP contribution in [0.3, 0.4) is 0 Å². The maximum atomic E-state index is 12.5. The van der Waals surface area contributed by atoms with E-state index in [1.54, 1.807) is 31.2 Å². The molecular weight excluding hydrogens is 677 g/mol. The highest BCUT2D eigenvalue weighted by Gasteiger charge is 2.34. The van der Waals surface area contributed by atoms with Crippen molar-refractivity contribution in [2.45, 2.75) is 16.1 Å². The molecular formula is C14H11I3O4S2. The topological polar surface area (TPSA) is 68.3 Å². The van der Waals surface area contributed by atoms with Crippen molar-refractivity contribution in [3.63, 3.8) is 0 Å². The second-order valence-corrected chi connectivity index (χ2v) is 21.2. The van der Waals surface area contributed by atoms with Crippen LogP contribution in [0.5, 0.6) is 0 Å². The van der Waals surface area contributed by atoms with Crippen molar-refractivity contribution in [1.29, 1.82) is 0 Å². The van der Waals surface area contributed by atoms with Gasteiger partial charge in [0.2, 0.25) is 0 Å². The largest absolute Gasteiger partial charge is 0.286 e. The molecule has 124 valence electrons. The lowest BCUT2D eigenvalue weighted by molar-refractivity contribution is 0.582. The van der Waals surface area contributed by atoms with Crippen molar-refractivity contribution < 1.29 is 16.8 Å². The molecule has 4 nitrogen and oxygen atoms in total. The summed E-state index contributed by atoms with van der Waals surface area (Å²) in [4.78, 5) is -0.450. The SMILES string of the molecule is Cc1ccc(S(=O)(=O)S(=O)(=O)c2ccc(C(I)(I)I)cc2)cc1. The van der Waals surface area contributed by atoms with Crippen LogP contribution >= 0.6 is 67.8 Å². The summed E-state index contributed by atoms with van der Waals surface area (Å²) >= 11 is 6.63. The van der Waals surface area contributed by atoms with Gasteiger partial charge >= 0.3 is 0 Å². The van der Waals surface area contributed by atoms with Crippen molar-refractivity contribution in [2.75, 3.05) is 0 Å². The maximum Gasteiger partial charge on any atom is 0.286 e. The summed E-state index contributed by atoms with van der Waals surface area (Å²) in [6.45, 7) is 1.80. The zero-order valence-corrected chi connectivity index (χ0v) is 19.8. The predicted molar refractivity (Wildman–Crippen MR) is 116 cm³/mol. The monoisotopic (exact) mass is 688 g/mol. The molecule has 9 heteroatoms. The van der Waals surface area contributed by atoms with Crippen molar-refractivity contribution in [3.05, 3.63) is 59.7 Å². The van der Waals surface area contributed by atoms with E-state index in [1.165, 1.54) is 24.3 Å². The predicted octanol–water partition coefficient (Wildman–Crippen LogP) is 4.57. The van der Waals surface area contributed by atoms with Gasteiger partial charge in [-0.25, -0.2) is 16.8 Å². The molecule has 0 fully saturated rings. The number of alkyl halides is 3. The summed E-state index contributed by atoms with van der Waals surface area (Å²) < 4.78 is 49.7. The maximum absolute atomic E-state index is 12.5. The van der Waals surface area contributed by atoms with Crippen LogP contribution in [0.1, 0.15) is 11.1 Å². The van der Waals surface area contributed by atoms with Gasteiger partial charge in [0.1, 0.15) is -0.565 Å². The zero-order chi connectivity index (χ0) is 17.5. The average molecular weight is 688 g/mol. The average Bonchev–Trinajstić information content (AvgIpc) is 2.46. The van der Waals surface area contributed by atoms with E-state index in [9.17, 15) is 16.8 Å². The molecule has 0 bridgehead atoms. The molecule has 0 aliphatic carbocycles. The third kappa shape index (κ3) is 4.20. The molecule has 0 saturated heterocycles. The van der Waals surface area contributed by atoms with E-state index in [1.807, 2.05) is 0 Å². The van der Waals surface area contributed by atoms with Gasteiger partial charge in [-0.15, -0.1) is 0 Å². The van der Waals surface area contributed by atoms with E-state index in [0.29, 0.717) is 0 Å². The number of halogens is 3. The molecule has 0 spiro atoms. The van der Waals surface area contributed by atoms with Gasteiger partial charge in [-0.2, -0.15) is 0 Å². The molecule has 23 heavy (non-hydrogen) atoms. The lowest BCUT2D eigenvalue weighted by atomic mass is 10.2. The first kappa shape index (κ1) is 19.8. The van der Waals surface area contributed by atoms with E-state index < -0.39 is 17.7 Å². The van der Waals surface area contributed by atoms with Crippen LogP contribution in [0.4, 0.5) is 0 Å². The quantitative estimate of drug-likeness (QED) is 0.269. The molecule has 0 N–H and O–H groups in total. The summed E-state index contributed by atoms with van der Waals surface area (Å²) in [6.07, 6.45) is 0. The van der Waals surface area contributed by atoms with Crippen LogP contribution in [0, 0.1) is 6.92 Å². The molecule has 0 atom stereocenters. The van der Waals surface area contributed by atoms with Crippen LogP contribution in [-0.2, 0) is 17.2 Å². The first-order valence-corrected chi connectivity index (χ1v) is 12.9. The van der Waals surface area contributed by atoms with Gasteiger partial charge in [0.25, 0.3) is 17.7 Å². The van der Waals surface area contributed by atoms with Crippen LogP contribution in [0.2, 0.25) is 0 Å². The number of rotatable bonds is 4. The minimum Gasteiger partial charge on any atom is -0.207 e. The van der Waals surface area contributed by atoms with E-state index in [2.05, 4.69) is 67.8 Å². The molecule has 2 aromatic rings. The van der Waals surface area contributed by atoms with Crippen molar-refractivity contribution >= 4 is 85.5 Å². The third-order valence-electron chi connectivity index (χ3n) is 3.07. The van der Waals surface area contributed by atoms with Gasteiger partial charge < -0.3 is 0 Å². The number of hydrogen-bond donors (Lipinski definition) is 0. The zero-order valence-electron chi connectivity index (χ0n) is 11.7. The fraction of sp³-hybridized carbons (Fsp3) is 0.143. The van der Waals surface area contributed by atoms with Crippen LogP contribution in [0.25, 0.3) is 0 Å². The van der Waals surface area contributed by atoms with E-state index >= 15 is 0 Å². The molecule has 0 radical (unpaired) electrons. The second kappa shape index (κ2) is 7.03. The van der Waals surface area contributed by atoms with Crippen molar-refractivity contribution in [2.24, 2.45) is 0 Å². The Morgan fingerprint density at radius 1 is 0.696 bits per heavy atom. The highest BCUT2D eigenvalue weighted by Crippen LogP contribution is 2.46. The highest BCUT2D eigenvalue weighted by molar-refractivity contribution is 14.3. The lowest BCUT2D eigenvalue weighted by Crippen LogP contribution is -2.16. The normalized spacial score (nSPS) is 13.0. The standard InChI is InChI=1S/C14H11I3O4S2/c1-10-2-6-12(7-3-10)22(18,19)23(20,21)13-8-4-11(5-9-13)14(15,16)17/h2-9H,1H3.